The SMILES string of the molecule is CC1(C)O[C@@H]2C[C@H]3[C@@H]4CC[C@H]5CC(=O)CC[C@]5(C)[C@@]4(F)[C@@H](O)C[C@]3(C)[C@]2(C(=O)CO)O1. The predicted octanol–water partition coefficient (Wildman–Crippen LogP) is 2.72. The van der Waals surface area contributed by atoms with Crippen LogP contribution in [0.2, 0.25) is 0 Å². The summed E-state index contributed by atoms with van der Waals surface area (Å²) in [5.74, 6) is -1.98. The van der Waals surface area contributed by atoms with Gasteiger partial charge in [-0.1, -0.05) is 13.8 Å². The number of carbonyl (C=O) groups is 2. The van der Waals surface area contributed by atoms with Gasteiger partial charge in [0.15, 0.2) is 17.2 Å². The maximum absolute atomic E-state index is 17.2. The van der Waals surface area contributed by atoms with Crippen molar-refractivity contribution in [3.8, 4) is 0 Å². The molecule has 9 atom stereocenters. The van der Waals surface area contributed by atoms with Gasteiger partial charge in [0.05, 0.1) is 12.2 Å². The summed E-state index contributed by atoms with van der Waals surface area (Å²) < 4.78 is 29.7. The van der Waals surface area contributed by atoms with E-state index in [1.165, 1.54) is 0 Å². The van der Waals surface area contributed by atoms with Crippen molar-refractivity contribution in [1.82, 2.24) is 0 Å². The maximum Gasteiger partial charge on any atom is 0.193 e. The zero-order valence-electron chi connectivity index (χ0n) is 18.9. The number of hydrogen-bond donors (Lipinski definition) is 2. The molecule has 0 amide bonds. The molecular formula is C24H35FO6. The smallest absolute Gasteiger partial charge is 0.193 e. The molecule has 0 aromatic carbocycles. The lowest BCUT2D eigenvalue weighted by Gasteiger charge is -2.65. The Morgan fingerprint density at radius 3 is 2.55 bits per heavy atom. The summed E-state index contributed by atoms with van der Waals surface area (Å²) in [5, 5.41) is 21.3. The molecule has 5 fully saturated rings. The second kappa shape index (κ2) is 6.37. The quantitative estimate of drug-likeness (QED) is 0.689. The summed E-state index contributed by atoms with van der Waals surface area (Å²) in [6.45, 7) is 6.65. The van der Waals surface area contributed by atoms with Crippen molar-refractivity contribution in [2.45, 2.75) is 102 Å². The van der Waals surface area contributed by atoms with Gasteiger partial charge in [0.2, 0.25) is 0 Å². The van der Waals surface area contributed by atoms with Crippen molar-refractivity contribution in [1.29, 1.82) is 0 Å². The van der Waals surface area contributed by atoms with Crippen molar-refractivity contribution in [2.75, 3.05) is 6.61 Å². The molecule has 7 heteroatoms. The van der Waals surface area contributed by atoms with Crippen LogP contribution in [0.25, 0.3) is 0 Å². The Labute approximate surface area is 182 Å². The van der Waals surface area contributed by atoms with Gasteiger partial charge in [0.25, 0.3) is 0 Å². The van der Waals surface area contributed by atoms with E-state index in [0.29, 0.717) is 32.1 Å². The minimum absolute atomic E-state index is 0.0608. The van der Waals surface area contributed by atoms with Crippen LogP contribution >= 0.6 is 0 Å². The normalized spacial score (nSPS) is 55.2. The van der Waals surface area contributed by atoms with Gasteiger partial charge in [-0.2, -0.15) is 0 Å². The molecule has 5 rings (SSSR count). The van der Waals surface area contributed by atoms with Gasteiger partial charge in [-0.3, -0.25) is 9.59 Å². The summed E-state index contributed by atoms with van der Waals surface area (Å²) >= 11 is 0. The molecule has 0 spiro atoms. The highest BCUT2D eigenvalue weighted by Gasteiger charge is 2.80. The Morgan fingerprint density at radius 2 is 1.87 bits per heavy atom. The number of Topliss-reactive ketones (excluding diaryl/α,β-unsaturated/α-hetero) is 2. The fourth-order valence-corrected chi connectivity index (χ4v) is 8.77. The fraction of sp³-hybridized carbons (Fsp3) is 0.917. The number of ether oxygens (including phenoxy) is 2. The number of fused-ring (bicyclic) bond motifs is 7. The summed E-state index contributed by atoms with van der Waals surface area (Å²) in [7, 11) is 0. The summed E-state index contributed by atoms with van der Waals surface area (Å²) in [5.41, 5.74) is -4.83. The van der Waals surface area contributed by atoms with E-state index < -0.39 is 58.4 Å². The standard InChI is InChI=1S/C24H35FO6/c1-20(2)30-19-10-16-15-6-5-13-9-14(27)7-8-21(13,3)23(15,25)17(28)11-22(16,4)24(19,31-20)18(29)12-26/h13,15-17,19,26,28H,5-12H2,1-4H3/t13-,15-,16-,17-,19+,21-,22-,23-,24+/m0/s1. The van der Waals surface area contributed by atoms with Gasteiger partial charge in [-0.05, 0) is 63.7 Å². The van der Waals surface area contributed by atoms with Gasteiger partial charge in [-0.15, -0.1) is 0 Å². The number of aliphatic hydroxyl groups is 2. The topological polar surface area (TPSA) is 93.1 Å². The van der Waals surface area contributed by atoms with Crippen molar-refractivity contribution < 1.29 is 33.7 Å². The molecule has 0 bridgehead atoms. The van der Waals surface area contributed by atoms with E-state index in [2.05, 4.69) is 0 Å². The summed E-state index contributed by atoms with van der Waals surface area (Å²) in [6.07, 6.45) is 1.21. The minimum atomic E-state index is -1.82. The van der Waals surface area contributed by atoms with Gasteiger partial charge in [-0.25, -0.2) is 4.39 Å². The first kappa shape index (κ1) is 21.9. The molecule has 0 aromatic heterocycles. The number of rotatable bonds is 2. The van der Waals surface area contributed by atoms with E-state index in [9.17, 15) is 19.8 Å². The fourth-order valence-electron chi connectivity index (χ4n) is 8.77. The second-order valence-corrected chi connectivity index (χ2v) is 11.7. The lowest BCUT2D eigenvalue weighted by Crippen LogP contribution is -2.71. The molecule has 174 valence electrons. The molecule has 0 aromatic rings. The van der Waals surface area contributed by atoms with E-state index >= 15 is 4.39 Å². The predicted molar refractivity (Wildman–Crippen MR) is 109 cm³/mol. The molecule has 6 nitrogen and oxygen atoms in total. The first-order chi connectivity index (χ1) is 14.4. The molecule has 2 N–H and O–H groups in total. The number of halogens is 1. The van der Waals surface area contributed by atoms with E-state index in [1.807, 2.05) is 13.8 Å². The number of ketones is 2. The highest BCUT2D eigenvalue weighted by molar-refractivity contribution is 5.91. The van der Waals surface area contributed by atoms with Crippen LogP contribution < -0.4 is 0 Å². The Bertz CT molecular complexity index is 829. The Hall–Kier alpha value is -0.890. The molecule has 0 radical (unpaired) electrons. The van der Waals surface area contributed by atoms with Gasteiger partial charge >= 0.3 is 0 Å². The van der Waals surface area contributed by atoms with Crippen LogP contribution in [-0.4, -0.2) is 57.7 Å². The van der Waals surface area contributed by atoms with Crippen molar-refractivity contribution in [3.05, 3.63) is 0 Å². The molecule has 1 aliphatic heterocycles. The molecule has 31 heavy (non-hydrogen) atoms. The van der Waals surface area contributed by atoms with Gasteiger partial charge in [0, 0.05) is 23.7 Å². The van der Waals surface area contributed by atoms with Crippen molar-refractivity contribution in [3.63, 3.8) is 0 Å². The first-order valence-corrected chi connectivity index (χ1v) is 11.8. The molecule has 4 saturated carbocycles. The lowest BCUT2D eigenvalue weighted by molar-refractivity contribution is -0.269. The highest BCUT2D eigenvalue weighted by Crippen LogP contribution is 2.73. The summed E-state index contributed by atoms with van der Waals surface area (Å²) in [4.78, 5) is 25.3. The van der Waals surface area contributed by atoms with Crippen LogP contribution in [0.3, 0.4) is 0 Å². The van der Waals surface area contributed by atoms with Crippen LogP contribution in [0, 0.1) is 28.6 Å². The van der Waals surface area contributed by atoms with E-state index in [4.69, 9.17) is 9.47 Å². The Kier molecular flexibility index (Phi) is 4.50. The van der Waals surface area contributed by atoms with E-state index in [0.717, 1.165) is 6.42 Å². The average Bonchev–Trinajstić information content (AvgIpc) is 3.09. The number of carbonyl (C=O) groups excluding carboxylic acids is 2. The lowest BCUT2D eigenvalue weighted by atomic mass is 9.42. The number of hydrogen-bond acceptors (Lipinski definition) is 6. The molecule has 5 aliphatic rings. The molecular weight excluding hydrogens is 403 g/mol. The first-order valence-electron chi connectivity index (χ1n) is 11.8. The van der Waals surface area contributed by atoms with Crippen molar-refractivity contribution >= 4 is 11.6 Å². The Balaban J connectivity index is 1.60. The van der Waals surface area contributed by atoms with Crippen LogP contribution in [0.4, 0.5) is 4.39 Å². The van der Waals surface area contributed by atoms with Crippen LogP contribution in [0.15, 0.2) is 0 Å². The maximum atomic E-state index is 17.2. The third-order valence-corrected chi connectivity index (χ3v) is 10.1. The second-order valence-electron chi connectivity index (χ2n) is 11.7. The van der Waals surface area contributed by atoms with Gasteiger partial charge in [0.1, 0.15) is 18.1 Å². The molecule has 0 unspecified atom stereocenters. The zero-order chi connectivity index (χ0) is 22.6. The Morgan fingerprint density at radius 1 is 1.16 bits per heavy atom. The monoisotopic (exact) mass is 438 g/mol. The summed E-state index contributed by atoms with van der Waals surface area (Å²) in [6, 6.07) is 0. The molecule has 1 heterocycles. The minimum Gasteiger partial charge on any atom is -0.390 e. The van der Waals surface area contributed by atoms with Crippen LogP contribution in [0.1, 0.15) is 72.6 Å². The highest BCUT2D eigenvalue weighted by atomic mass is 19.1. The third-order valence-electron chi connectivity index (χ3n) is 10.1. The number of alkyl halides is 1. The average molecular weight is 439 g/mol. The molecule has 4 aliphatic carbocycles. The van der Waals surface area contributed by atoms with Crippen LogP contribution in [-0.2, 0) is 19.1 Å². The van der Waals surface area contributed by atoms with E-state index in [-0.39, 0.29) is 24.0 Å². The third kappa shape index (κ3) is 2.42. The largest absolute Gasteiger partial charge is 0.390 e. The van der Waals surface area contributed by atoms with Crippen molar-refractivity contribution in [2.24, 2.45) is 28.6 Å². The van der Waals surface area contributed by atoms with E-state index in [1.54, 1.807) is 13.8 Å². The van der Waals surface area contributed by atoms with Crippen LogP contribution in [0.5, 0.6) is 0 Å². The number of aliphatic hydroxyl groups excluding tert-OH is 2. The zero-order valence-corrected chi connectivity index (χ0v) is 18.9. The van der Waals surface area contributed by atoms with Gasteiger partial charge < -0.3 is 19.7 Å². The molecule has 1 saturated heterocycles.